The molecule has 150 valence electrons. The van der Waals surface area contributed by atoms with Gasteiger partial charge in [-0.15, -0.1) is 22.7 Å². The van der Waals surface area contributed by atoms with Gasteiger partial charge >= 0.3 is 0 Å². The number of thiazole rings is 1. The fourth-order valence-corrected chi connectivity index (χ4v) is 4.68. The van der Waals surface area contributed by atoms with Crippen LogP contribution < -0.4 is 14.8 Å². The Hall–Kier alpha value is -2.84. The molecule has 0 saturated carbocycles. The average molecular weight is 428 g/mol. The van der Waals surface area contributed by atoms with Gasteiger partial charge < -0.3 is 14.8 Å². The predicted molar refractivity (Wildman–Crippen MR) is 116 cm³/mol. The molecule has 4 rings (SSSR count). The van der Waals surface area contributed by atoms with E-state index in [4.69, 9.17) is 14.5 Å². The first kappa shape index (κ1) is 19.5. The predicted octanol–water partition coefficient (Wildman–Crippen LogP) is 4.04. The number of carbonyl (C=O) groups excluding carboxylic acids is 1. The lowest BCUT2D eigenvalue weighted by molar-refractivity contribution is -0.120. The highest BCUT2D eigenvalue weighted by Gasteiger charge is 2.14. The number of fused-ring (bicyclic) bond motifs is 1. The Labute approximate surface area is 176 Å². The molecule has 6 nitrogen and oxygen atoms in total. The summed E-state index contributed by atoms with van der Waals surface area (Å²) in [6, 6.07) is 9.83. The Morgan fingerprint density at radius 1 is 1.17 bits per heavy atom. The number of hydrogen-bond acceptors (Lipinski definition) is 6. The van der Waals surface area contributed by atoms with Crippen molar-refractivity contribution in [2.24, 2.45) is 0 Å². The Morgan fingerprint density at radius 2 is 2.03 bits per heavy atom. The summed E-state index contributed by atoms with van der Waals surface area (Å²) >= 11 is 3.24. The molecule has 8 heteroatoms. The highest BCUT2D eigenvalue weighted by Crippen LogP contribution is 2.32. The van der Waals surface area contributed by atoms with Crippen molar-refractivity contribution in [3.05, 3.63) is 57.9 Å². The summed E-state index contributed by atoms with van der Waals surface area (Å²) in [5, 5.41) is 7.03. The molecule has 0 aliphatic carbocycles. The van der Waals surface area contributed by atoms with E-state index in [1.807, 2.05) is 45.6 Å². The lowest BCUT2D eigenvalue weighted by Gasteiger charge is -2.08. The van der Waals surface area contributed by atoms with Crippen LogP contribution in [-0.2, 0) is 17.6 Å². The van der Waals surface area contributed by atoms with Crippen molar-refractivity contribution in [2.75, 3.05) is 20.8 Å². The highest BCUT2D eigenvalue weighted by atomic mass is 32.1. The zero-order valence-corrected chi connectivity index (χ0v) is 17.8. The maximum Gasteiger partial charge on any atom is 0.225 e. The van der Waals surface area contributed by atoms with Crippen molar-refractivity contribution in [1.82, 2.24) is 14.7 Å². The molecule has 1 aromatic carbocycles. The number of thiophene rings is 1. The van der Waals surface area contributed by atoms with E-state index >= 15 is 0 Å². The zero-order valence-electron chi connectivity index (χ0n) is 16.2. The zero-order chi connectivity index (χ0) is 20.2. The first-order chi connectivity index (χ1) is 14.2. The third-order valence-corrected chi connectivity index (χ3v) is 6.40. The summed E-state index contributed by atoms with van der Waals surface area (Å²) in [7, 11) is 3.23. The molecule has 3 heterocycles. The second kappa shape index (κ2) is 8.67. The quantitative estimate of drug-likeness (QED) is 0.461. The normalized spacial score (nSPS) is 11.0. The van der Waals surface area contributed by atoms with E-state index in [0.29, 0.717) is 24.5 Å². The summed E-state index contributed by atoms with van der Waals surface area (Å²) in [6.45, 7) is 0.646. The molecular weight excluding hydrogens is 406 g/mol. The molecule has 0 aliphatic rings. The van der Waals surface area contributed by atoms with Crippen LogP contribution in [0.5, 0.6) is 11.5 Å². The molecule has 0 saturated heterocycles. The molecule has 1 amide bonds. The maximum absolute atomic E-state index is 12.3. The number of carbonyl (C=O) groups is 1. The minimum absolute atomic E-state index is 0.0163. The van der Waals surface area contributed by atoms with E-state index in [1.54, 1.807) is 25.6 Å². The van der Waals surface area contributed by atoms with Crippen LogP contribution in [0.15, 0.2) is 47.3 Å². The minimum atomic E-state index is 0.0163. The van der Waals surface area contributed by atoms with Gasteiger partial charge in [0.05, 0.1) is 26.3 Å². The molecule has 0 unspecified atom stereocenters. The third kappa shape index (κ3) is 4.28. The van der Waals surface area contributed by atoms with Crippen molar-refractivity contribution in [2.45, 2.75) is 12.8 Å². The van der Waals surface area contributed by atoms with E-state index in [0.717, 1.165) is 28.3 Å². The van der Waals surface area contributed by atoms with E-state index in [1.165, 1.54) is 16.2 Å². The molecule has 0 bridgehead atoms. The van der Waals surface area contributed by atoms with Gasteiger partial charge in [-0.25, -0.2) is 4.98 Å². The highest BCUT2D eigenvalue weighted by molar-refractivity contribution is 7.15. The van der Waals surface area contributed by atoms with E-state index in [-0.39, 0.29) is 5.91 Å². The van der Waals surface area contributed by atoms with Gasteiger partial charge in [0.15, 0.2) is 16.5 Å². The lowest BCUT2D eigenvalue weighted by atomic mass is 10.1. The standard InChI is InChI=1S/C21H21N3O3S2/c1-26-18-6-5-14(10-19(18)27-2)17-12-24-15(13-29-21(24)23-17)11-20(25)22-8-7-16-4-3-9-28-16/h3-6,9-10,12-13H,7-8,11H2,1-2H3,(H,22,25). The van der Waals surface area contributed by atoms with Gasteiger partial charge in [-0.05, 0) is 36.1 Å². The molecule has 4 aromatic rings. The van der Waals surface area contributed by atoms with Gasteiger partial charge in [0, 0.05) is 34.3 Å². The monoisotopic (exact) mass is 427 g/mol. The number of methoxy groups -OCH3 is 2. The molecule has 29 heavy (non-hydrogen) atoms. The number of amides is 1. The number of benzene rings is 1. The molecule has 0 fully saturated rings. The minimum Gasteiger partial charge on any atom is -0.493 e. The first-order valence-corrected chi connectivity index (χ1v) is 10.9. The molecule has 0 atom stereocenters. The molecule has 0 radical (unpaired) electrons. The number of nitrogens with one attached hydrogen (secondary N) is 1. The van der Waals surface area contributed by atoms with Crippen LogP contribution in [0.4, 0.5) is 0 Å². The number of ether oxygens (including phenoxy) is 2. The van der Waals surface area contributed by atoms with Crippen molar-refractivity contribution in [1.29, 1.82) is 0 Å². The van der Waals surface area contributed by atoms with Gasteiger partial charge in [0.25, 0.3) is 0 Å². The summed E-state index contributed by atoms with van der Waals surface area (Å²) in [5.41, 5.74) is 2.69. The summed E-state index contributed by atoms with van der Waals surface area (Å²) in [6.07, 6.45) is 3.14. The fraction of sp³-hybridized carbons (Fsp3) is 0.238. The Morgan fingerprint density at radius 3 is 2.79 bits per heavy atom. The summed E-state index contributed by atoms with van der Waals surface area (Å²) in [4.78, 5) is 19.2. The van der Waals surface area contributed by atoms with E-state index < -0.39 is 0 Å². The Kier molecular flexibility index (Phi) is 5.82. The number of hydrogen-bond donors (Lipinski definition) is 1. The van der Waals surface area contributed by atoms with Crippen LogP contribution in [0.2, 0.25) is 0 Å². The Bertz CT molecular complexity index is 1120. The van der Waals surface area contributed by atoms with Crippen LogP contribution in [0.1, 0.15) is 10.6 Å². The van der Waals surface area contributed by atoms with E-state index in [9.17, 15) is 4.79 Å². The molecule has 0 aliphatic heterocycles. The second-order valence-corrected chi connectivity index (χ2v) is 8.30. The molecule has 0 spiro atoms. The van der Waals surface area contributed by atoms with Crippen LogP contribution in [-0.4, -0.2) is 36.1 Å². The number of aromatic nitrogens is 2. The van der Waals surface area contributed by atoms with Crippen LogP contribution in [0.3, 0.4) is 0 Å². The van der Waals surface area contributed by atoms with Gasteiger partial charge in [-0.2, -0.15) is 0 Å². The van der Waals surface area contributed by atoms with Crippen molar-refractivity contribution in [3.8, 4) is 22.8 Å². The van der Waals surface area contributed by atoms with Gasteiger partial charge in [-0.1, -0.05) is 6.07 Å². The SMILES string of the molecule is COc1ccc(-c2cn3c(CC(=O)NCCc4cccs4)csc3n2)cc1OC. The van der Waals surface area contributed by atoms with Gasteiger partial charge in [0.1, 0.15) is 0 Å². The second-order valence-electron chi connectivity index (χ2n) is 6.43. The lowest BCUT2D eigenvalue weighted by Crippen LogP contribution is -2.27. The van der Waals surface area contributed by atoms with Crippen molar-refractivity contribution >= 4 is 33.5 Å². The van der Waals surface area contributed by atoms with Gasteiger partial charge in [-0.3, -0.25) is 9.20 Å². The van der Waals surface area contributed by atoms with E-state index in [2.05, 4.69) is 11.4 Å². The number of nitrogens with zero attached hydrogens (tertiary/aromatic N) is 2. The van der Waals surface area contributed by atoms with Crippen LogP contribution >= 0.6 is 22.7 Å². The summed E-state index contributed by atoms with van der Waals surface area (Å²) in [5.74, 6) is 1.35. The van der Waals surface area contributed by atoms with Crippen molar-refractivity contribution in [3.63, 3.8) is 0 Å². The topological polar surface area (TPSA) is 64.9 Å². The molecular formula is C21H21N3O3S2. The smallest absolute Gasteiger partial charge is 0.225 e. The maximum atomic E-state index is 12.3. The number of imidazole rings is 1. The average Bonchev–Trinajstić information content (AvgIpc) is 3.46. The first-order valence-electron chi connectivity index (χ1n) is 9.15. The Balaban J connectivity index is 1.46. The number of rotatable bonds is 8. The third-order valence-electron chi connectivity index (χ3n) is 4.58. The summed E-state index contributed by atoms with van der Waals surface area (Å²) < 4.78 is 12.7. The largest absolute Gasteiger partial charge is 0.493 e. The van der Waals surface area contributed by atoms with Crippen LogP contribution in [0, 0.1) is 0 Å². The van der Waals surface area contributed by atoms with Crippen molar-refractivity contribution < 1.29 is 14.3 Å². The molecule has 3 aromatic heterocycles. The fourth-order valence-electron chi connectivity index (χ4n) is 3.10. The van der Waals surface area contributed by atoms with Gasteiger partial charge in [0.2, 0.25) is 5.91 Å². The van der Waals surface area contributed by atoms with Crippen LogP contribution in [0.25, 0.3) is 16.2 Å². The molecule has 1 N–H and O–H groups in total.